The average molecular weight is 444 g/mol. The second-order valence-electron chi connectivity index (χ2n) is 4.95. The molecule has 130 valence electrons. The number of rotatable bonds is 5. The number of hydrogen-bond acceptors (Lipinski definition) is 5. The van der Waals surface area contributed by atoms with Crippen LogP contribution in [0.3, 0.4) is 0 Å². The summed E-state index contributed by atoms with van der Waals surface area (Å²) in [6, 6.07) is 11.9. The summed E-state index contributed by atoms with van der Waals surface area (Å²) in [5.74, 6) is -0.513. The van der Waals surface area contributed by atoms with E-state index >= 15 is 0 Å². The van der Waals surface area contributed by atoms with Gasteiger partial charge in [0.1, 0.15) is 12.3 Å². The van der Waals surface area contributed by atoms with E-state index in [0.717, 1.165) is 4.31 Å². The van der Waals surface area contributed by atoms with Crippen molar-refractivity contribution < 1.29 is 17.9 Å². The van der Waals surface area contributed by atoms with Gasteiger partial charge in [-0.25, -0.2) is 8.42 Å². The van der Waals surface area contributed by atoms with E-state index in [-0.39, 0.29) is 10.6 Å². The molecule has 0 heterocycles. The number of hydrogen-bond donors (Lipinski definition) is 0. The van der Waals surface area contributed by atoms with Gasteiger partial charge in [-0.1, -0.05) is 11.6 Å². The second-order valence-corrected chi connectivity index (χ2v) is 8.28. The summed E-state index contributed by atoms with van der Waals surface area (Å²) in [7, 11) is -2.61. The molecule has 0 saturated heterocycles. The van der Waals surface area contributed by atoms with Crippen LogP contribution in [0.2, 0.25) is 5.02 Å². The molecule has 0 unspecified atom stereocenters. The number of esters is 1. The molecule has 0 spiro atoms. The maximum atomic E-state index is 12.4. The summed E-state index contributed by atoms with van der Waals surface area (Å²) >= 11 is 9.02. The minimum Gasteiger partial charge on any atom is -0.424 e. The maximum absolute atomic E-state index is 12.4. The van der Waals surface area contributed by atoms with Crippen LogP contribution >= 0.6 is 27.5 Å². The lowest BCUT2D eigenvalue weighted by molar-refractivity contribution is -0.134. The third kappa shape index (κ3) is 4.80. The molecular weight excluding hydrogens is 432 g/mol. The maximum Gasteiger partial charge on any atom is 0.326 e. The topological polar surface area (TPSA) is 87.5 Å². The summed E-state index contributed by atoms with van der Waals surface area (Å²) in [6.45, 7) is -0.475. The van der Waals surface area contributed by atoms with Crippen LogP contribution in [0.5, 0.6) is 5.75 Å². The van der Waals surface area contributed by atoms with Gasteiger partial charge in [0, 0.05) is 12.1 Å². The zero-order chi connectivity index (χ0) is 18.6. The van der Waals surface area contributed by atoms with Crippen molar-refractivity contribution in [1.29, 1.82) is 5.26 Å². The van der Waals surface area contributed by atoms with E-state index < -0.39 is 22.5 Å². The van der Waals surface area contributed by atoms with Gasteiger partial charge in [0.2, 0.25) is 10.0 Å². The number of sulfonamides is 1. The predicted molar refractivity (Wildman–Crippen MR) is 95.8 cm³/mol. The van der Waals surface area contributed by atoms with Gasteiger partial charge in [-0.05, 0) is 58.4 Å². The molecule has 0 saturated carbocycles. The van der Waals surface area contributed by atoms with Crippen molar-refractivity contribution in [2.45, 2.75) is 4.90 Å². The molecule has 0 N–H and O–H groups in total. The minimum atomic E-state index is -3.88. The van der Waals surface area contributed by atoms with Crippen LogP contribution in [-0.2, 0) is 14.8 Å². The van der Waals surface area contributed by atoms with Gasteiger partial charge in [-0.15, -0.1) is 0 Å². The quantitative estimate of drug-likeness (QED) is 0.523. The first-order valence-electron chi connectivity index (χ1n) is 6.86. The normalized spacial score (nSPS) is 11.2. The third-order valence-electron chi connectivity index (χ3n) is 3.16. The van der Waals surface area contributed by atoms with Crippen molar-refractivity contribution in [2.75, 3.05) is 13.6 Å². The minimum absolute atomic E-state index is 0.0190. The number of likely N-dealkylation sites (N-methyl/N-ethyl adjacent to an activating group) is 1. The fourth-order valence-electron chi connectivity index (χ4n) is 1.86. The van der Waals surface area contributed by atoms with Gasteiger partial charge in [0.05, 0.1) is 21.0 Å². The molecule has 2 aromatic rings. The van der Waals surface area contributed by atoms with Crippen molar-refractivity contribution in [2.24, 2.45) is 0 Å². The number of ether oxygens (including phenoxy) is 1. The SMILES string of the molecule is CN(CC(=O)Oc1ccc(Cl)cc1Br)S(=O)(=O)c1ccc(C#N)cc1. The molecule has 0 aromatic heterocycles. The lowest BCUT2D eigenvalue weighted by atomic mass is 10.2. The van der Waals surface area contributed by atoms with Crippen LogP contribution in [0.4, 0.5) is 0 Å². The van der Waals surface area contributed by atoms with Crippen LogP contribution < -0.4 is 4.74 Å². The molecular formula is C16H12BrClN2O4S. The first-order chi connectivity index (χ1) is 11.7. The van der Waals surface area contributed by atoms with Crippen LogP contribution in [0, 0.1) is 11.3 Å². The summed E-state index contributed by atoms with van der Waals surface area (Å²) in [5.41, 5.74) is 0.341. The van der Waals surface area contributed by atoms with Gasteiger partial charge >= 0.3 is 5.97 Å². The van der Waals surface area contributed by atoms with Crippen molar-refractivity contribution >= 4 is 43.5 Å². The highest BCUT2D eigenvalue weighted by molar-refractivity contribution is 9.10. The Morgan fingerprint density at radius 3 is 2.48 bits per heavy atom. The predicted octanol–water partition coefficient (Wildman–Crippen LogP) is 3.20. The smallest absolute Gasteiger partial charge is 0.326 e. The first kappa shape index (κ1) is 19.4. The number of halogens is 2. The van der Waals surface area contributed by atoms with Crippen LogP contribution in [0.1, 0.15) is 5.56 Å². The molecule has 0 aliphatic heterocycles. The van der Waals surface area contributed by atoms with Crippen LogP contribution in [0.25, 0.3) is 0 Å². The Kier molecular flexibility index (Phi) is 6.19. The number of benzene rings is 2. The Hall–Kier alpha value is -1.92. The highest BCUT2D eigenvalue weighted by Crippen LogP contribution is 2.28. The first-order valence-corrected chi connectivity index (χ1v) is 9.47. The van der Waals surface area contributed by atoms with E-state index in [1.165, 1.54) is 37.4 Å². The molecule has 2 aromatic carbocycles. The van der Waals surface area contributed by atoms with Crippen LogP contribution in [-0.4, -0.2) is 32.3 Å². The number of carbonyl (C=O) groups excluding carboxylic acids is 1. The lowest BCUT2D eigenvalue weighted by Crippen LogP contribution is -2.34. The van der Waals surface area contributed by atoms with E-state index in [0.29, 0.717) is 15.1 Å². The van der Waals surface area contributed by atoms with Gasteiger partial charge in [-0.2, -0.15) is 9.57 Å². The van der Waals surface area contributed by atoms with Gasteiger partial charge in [0.15, 0.2) is 0 Å². The Morgan fingerprint density at radius 2 is 1.92 bits per heavy atom. The molecule has 0 aliphatic rings. The van der Waals surface area contributed by atoms with Gasteiger partial charge in [0.25, 0.3) is 0 Å². The largest absolute Gasteiger partial charge is 0.424 e. The Morgan fingerprint density at radius 1 is 1.28 bits per heavy atom. The van der Waals surface area contributed by atoms with Crippen LogP contribution in [0.15, 0.2) is 51.8 Å². The zero-order valence-electron chi connectivity index (χ0n) is 12.9. The van der Waals surface area contributed by atoms with E-state index in [1.807, 2.05) is 6.07 Å². The van der Waals surface area contributed by atoms with Crippen molar-refractivity contribution in [1.82, 2.24) is 4.31 Å². The Labute approximate surface area is 158 Å². The fourth-order valence-corrected chi connectivity index (χ4v) is 3.74. The molecule has 2 rings (SSSR count). The summed E-state index contributed by atoms with van der Waals surface area (Å²) in [6.07, 6.45) is 0. The molecule has 25 heavy (non-hydrogen) atoms. The molecule has 6 nitrogen and oxygen atoms in total. The van der Waals surface area contributed by atoms with E-state index in [9.17, 15) is 13.2 Å². The third-order valence-corrected chi connectivity index (χ3v) is 5.83. The van der Waals surface area contributed by atoms with E-state index in [2.05, 4.69) is 15.9 Å². The van der Waals surface area contributed by atoms with Gasteiger partial charge < -0.3 is 4.74 Å². The number of nitrogens with zero attached hydrogens (tertiary/aromatic N) is 2. The molecule has 0 bridgehead atoms. The average Bonchev–Trinajstić information content (AvgIpc) is 2.57. The van der Waals surface area contributed by atoms with Crippen molar-refractivity contribution in [3.05, 3.63) is 57.5 Å². The number of carbonyl (C=O) groups is 1. The number of nitriles is 1. The molecule has 0 aliphatic carbocycles. The summed E-state index contributed by atoms with van der Waals surface area (Å²) in [4.78, 5) is 12.0. The van der Waals surface area contributed by atoms with E-state index in [1.54, 1.807) is 12.1 Å². The zero-order valence-corrected chi connectivity index (χ0v) is 16.1. The molecule has 0 amide bonds. The van der Waals surface area contributed by atoms with Gasteiger partial charge in [-0.3, -0.25) is 4.79 Å². The second kappa shape index (κ2) is 7.97. The van der Waals surface area contributed by atoms with Crippen molar-refractivity contribution in [3.63, 3.8) is 0 Å². The monoisotopic (exact) mass is 442 g/mol. The Bertz CT molecular complexity index is 940. The van der Waals surface area contributed by atoms with E-state index in [4.69, 9.17) is 21.6 Å². The highest BCUT2D eigenvalue weighted by atomic mass is 79.9. The molecule has 0 radical (unpaired) electrons. The standard InChI is InChI=1S/C16H12BrClN2O4S/c1-20(25(22,23)13-5-2-11(9-19)3-6-13)10-16(21)24-15-7-4-12(18)8-14(15)17/h2-8H,10H2,1H3. The lowest BCUT2D eigenvalue weighted by Gasteiger charge is -2.16. The Balaban J connectivity index is 2.10. The molecule has 9 heteroatoms. The fraction of sp³-hybridized carbons (Fsp3) is 0.125. The molecule has 0 atom stereocenters. The molecule has 0 fully saturated rings. The summed E-state index contributed by atoms with van der Waals surface area (Å²) in [5, 5.41) is 9.22. The highest BCUT2D eigenvalue weighted by Gasteiger charge is 2.24. The summed E-state index contributed by atoms with van der Waals surface area (Å²) < 4.78 is 31.4. The van der Waals surface area contributed by atoms with Crippen molar-refractivity contribution in [3.8, 4) is 11.8 Å².